The van der Waals surface area contributed by atoms with E-state index in [1.54, 1.807) is 0 Å². The predicted octanol–water partition coefficient (Wildman–Crippen LogP) is 3.05. The Balaban J connectivity index is 2.28. The van der Waals surface area contributed by atoms with E-state index in [1.165, 1.54) is 18.2 Å². The molecule has 101 valence electrons. The van der Waals surface area contributed by atoms with Crippen molar-refractivity contribution >= 4 is 21.6 Å². The first-order valence-electron chi connectivity index (χ1n) is 5.56. The van der Waals surface area contributed by atoms with Crippen LogP contribution in [0.1, 0.15) is 23.7 Å². The maximum atomic E-state index is 12.7. The molecule has 1 aromatic rings. The summed E-state index contributed by atoms with van der Waals surface area (Å²) in [5.74, 6) is 0. The topological polar surface area (TPSA) is 46.6 Å². The second-order valence-electron chi connectivity index (χ2n) is 4.16. The van der Waals surface area contributed by atoms with Gasteiger partial charge in [-0.1, -0.05) is 6.07 Å². The normalized spacial score (nSPS) is 22.4. The highest BCUT2D eigenvalue weighted by atomic mass is 27.2. The number of nitriles is 1. The van der Waals surface area contributed by atoms with E-state index in [2.05, 4.69) is 8.63 Å². The van der Waals surface area contributed by atoms with Crippen LogP contribution < -0.4 is 0 Å². The molecule has 1 aliphatic rings. The Morgan fingerprint density at radius 1 is 1.35 bits per heavy atom. The fraction of sp³-hybridized carbons (Fsp3) is 0.333. The highest BCUT2D eigenvalue weighted by molar-refractivity contribution is 6.18. The van der Waals surface area contributed by atoms with Crippen LogP contribution in [0.15, 0.2) is 18.2 Å². The second-order valence-corrected chi connectivity index (χ2v) is 4.90. The number of benzene rings is 1. The number of hydrogen-bond acceptors (Lipinski definition) is 3. The lowest BCUT2D eigenvalue weighted by molar-refractivity contribution is -0.214. The minimum atomic E-state index is -4.44. The van der Waals surface area contributed by atoms with Crippen LogP contribution in [-0.4, -0.2) is 28.2 Å². The van der Waals surface area contributed by atoms with Crippen molar-refractivity contribution < 1.29 is 20.7 Å². The lowest BCUT2D eigenvalue weighted by Crippen LogP contribution is -2.39. The number of rotatable bonds is 1. The number of halogens is 3. The Labute approximate surface area is 119 Å². The minimum Gasteiger partial charge on any atom is -0.478 e. The van der Waals surface area contributed by atoms with E-state index in [-0.39, 0.29) is 17.7 Å². The van der Waals surface area contributed by atoms with Gasteiger partial charge >= 0.3 is 22.1 Å². The highest BCUT2D eigenvalue weighted by Gasteiger charge is 2.44. The molecule has 2 atom stereocenters. The van der Waals surface area contributed by atoms with Gasteiger partial charge in [-0.05, 0) is 17.7 Å². The molecule has 2 unspecified atom stereocenters. The molecule has 0 bridgehead atoms. The summed E-state index contributed by atoms with van der Waals surface area (Å²) >= 11 is -1.23. The Morgan fingerprint density at radius 3 is 2.70 bits per heavy atom. The Morgan fingerprint density at radius 2 is 2.10 bits per heavy atom. The summed E-state index contributed by atoms with van der Waals surface area (Å²) in [6.07, 6.45) is -7.48. The molecule has 1 heterocycles. The van der Waals surface area contributed by atoms with E-state index in [9.17, 15) is 13.2 Å². The van der Waals surface area contributed by atoms with Crippen molar-refractivity contribution in [2.24, 2.45) is 0 Å². The third-order valence-electron chi connectivity index (χ3n) is 2.80. The van der Waals surface area contributed by atoms with E-state index >= 15 is 0 Å². The summed E-state index contributed by atoms with van der Waals surface area (Å²) in [6.45, 7) is 6.94. The molecule has 0 N–H and O–H groups in total. The van der Waals surface area contributed by atoms with Gasteiger partial charge in [0.1, 0.15) is 6.10 Å². The van der Waals surface area contributed by atoms with Crippen molar-refractivity contribution in [3.8, 4) is 6.07 Å². The maximum absolute atomic E-state index is 12.7. The van der Waals surface area contributed by atoms with Gasteiger partial charge in [-0.25, -0.2) is 4.85 Å². The van der Waals surface area contributed by atoms with Crippen molar-refractivity contribution in [3.63, 3.8) is 0 Å². The molecule has 1 saturated heterocycles. The van der Waals surface area contributed by atoms with Gasteiger partial charge in [-0.3, -0.25) is 0 Å². The maximum Gasteiger partial charge on any atom is 0.669 e. The zero-order valence-electron chi connectivity index (χ0n) is 10.0. The standard InChI is InChI=1S/C12H7F3N2O2.Al/c1-17-9-3-7(6-16)2-8(4-9)10(18)5-11(19)12(13,14)15;/h2-4,10-11H,5H2;/q-2;+2. The summed E-state index contributed by atoms with van der Waals surface area (Å²) < 4.78 is 47.8. The average Bonchev–Trinajstić information content (AvgIpc) is 2.46. The molecular weight excluding hydrogens is 288 g/mol. The predicted molar refractivity (Wildman–Crippen MR) is 62.5 cm³/mol. The molecule has 0 saturated carbocycles. The molecule has 8 heteroatoms. The van der Waals surface area contributed by atoms with Crippen LogP contribution in [0.2, 0.25) is 0 Å². The smallest absolute Gasteiger partial charge is 0.478 e. The van der Waals surface area contributed by atoms with Crippen LogP contribution in [-0.2, 0) is 7.58 Å². The first-order chi connectivity index (χ1) is 9.44. The quantitative estimate of drug-likeness (QED) is 0.591. The van der Waals surface area contributed by atoms with Crippen LogP contribution in [0.3, 0.4) is 0 Å². The fourth-order valence-corrected chi connectivity index (χ4v) is 2.71. The van der Waals surface area contributed by atoms with Gasteiger partial charge in [0.25, 0.3) is 0 Å². The van der Waals surface area contributed by atoms with Gasteiger partial charge in [0, 0.05) is 12.0 Å². The summed E-state index contributed by atoms with van der Waals surface area (Å²) in [6, 6.07) is 6.14. The summed E-state index contributed by atoms with van der Waals surface area (Å²) in [5, 5.41) is 8.87. The first-order valence-corrected chi connectivity index (χ1v) is 6.50. The molecule has 0 aliphatic carbocycles. The second kappa shape index (κ2) is 5.83. The number of alkyl halides is 3. The van der Waals surface area contributed by atoms with Crippen LogP contribution in [0.4, 0.5) is 18.9 Å². The summed E-state index contributed by atoms with van der Waals surface area (Å²) in [7, 11) is 0. The van der Waals surface area contributed by atoms with Crippen LogP contribution in [0.25, 0.3) is 4.85 Å². The van der Waals surface area contributed by atoms with Crippen molar-refractivity contribution in [3.05, 3.63) is 40.7 Å². The van der Waals surface area contributed by atoms with E-state index in [4.69, 9.17) is 15.6 Å². The summed E-state index contributed by atoms with van der Waals surface area (Å²) in [4.78, 5) is 3.20. The molecule has 4 nitrogen and oxygen atoms in total. The highest BCUT2D eigenvalue weighted by Crippen LogP contribution is 2.36. The first kappa shape index (κ1) is 14.8. The van der Waals surface area contributed by atoms with E-state index in [0.717, 1.165) is 0 Å². The largest absolute Gasteiger partial charge is 0.669 e. The van der Waals surface area contributed by atoms with E-state index < -0.39 is 34.3 Å². The summed E-state index contributed by atoms with van der Waals surface area (Å²) in [5.41, 5.74) is 0.829. The number of nitrogens with zero attached hydrogens (tertiary/aromatic N) is 2. The van der Waals surface area contributed by atoms with Gasteiger partial charge in [-0.15, -0.1) is 0 Å². The minimum absolute atomic E-state index is 0.202. The molecule has 0 spiro atoms. The zero-order chi connectivity index (χ0) is 14.8. The lowest BCUT2D eigenvalue weighted by atomic mass is 10.0. The van der Waals surface area contributed by atoms with E-state index in [0.29, 0.717) is 5.56 Å². The third-order valence-corrected chi connectivity index (χ3v) is 3.68. The number of hydrogen-bond donors (Lipinski definition) is 0. The Hall–Kier alpha value is -1.56. The van der Waals surface area contributed by atoms with Crippen molar-refractivity contribution in [1.82, 2.24) is 0 Å². The van der Waals surface area contributed by atoms with Crippen molar-refractivity contribution in [2.75, 3.05) is 0 Å². The van der Waals surface area contributed by atoms with Gasteiger partial charge in [0.15, 0.2) is 5.69 Å². The Kier molecular flexibility index (Phi) is 4.33. The van der Waals surface area contributed by atoms with Crippen molar-refractivity contribution in [2.45, 2.75) is 24.8 Å². The lowest BCUT2D eigenvalue weighted by Gasteiger charge is -2.32. The Bertz CT molecular complexity index is 560. The van der Waals surface area contributed by atoms with Gasteiger partial charge in [-0.2, -0.15) is 18.4 Å². The van der Waals surface area contributed by atoms with Gasteiger partial charge in [0.2, 0.25) is 0 Å². The van der Waals surface area contributed by atoms with Crippen LogP contribution >= 0.6 is 0 Å². The molecule has 0 amide bonds. The molecule has 20 heavy (non-hydrogen) atoms. The van der Waals surface area contributed by atoms with E-state index in [1.807, 2.05) is 6.07 Å². The SMILES string of the molecule is [C-]#[N+]c1cc(C#N)cc(C2CC(C(F)(F)F)[O][Al][O]2)c1. The molecule has 1 aliphatic heterocycles. The monoisotopic (exact) mass is 295 g/mol. The molecule has 1 radical (unpaired) electrons. The van der Waals surface area contributed by atoms with Crippen LogP contribution in [0.5, 0.6) is 0 Å². The zero-order valence-corrected chi connectivity index (χ0v) is 11.2. The molecule has 1 aromatic carbocycles. The van der Waals surface area contributed by atoms with Crippen LogP contribution in [0, 0.1) is 17.9 Å². The molecule has 0 aromatic heterocycles. The third kappa shape index (κ3) is 3.31. The average molecular weight is 295 g/mol. The molecule has 1 fully saturated rings. The fourth-order valence-electron chi connectivity index (χ4n) is 1.85. The van der Waals surface area contributed by atoms with Gasteiger partial charge < -0.3 is 7.58 Å². The van der Waals surface area contributed by atoms with Crippen molar-refractivity contribution in [1.29, 1.82) is 5.26 Å². The molecule has 2 rings (SSSR count). The molecular formula is C12H7AlF3N2O2. The van der Waals surface area contributed by atoms with Gasteiger partial charge in [0.05, 0.1) is 18.7 Å².